The number of hydrogen-bond donors (Lipinski definition) is 2. The van der Waals surface area contributed by atoms with Crippen molar-refractivity contribution in [2.45, 2.75) is 25.3 Å². The van der Waals surface area contributed by atoms with Gasteiger partial charge >= 0.3 is 11.8 Å². The molecule has 2 atom stereocenters. The Morgan fingerprint density at radius 2 is 2.40 bits per heavy atom. The number of carboxylic acids is 1. The zero-order valence-electron chi connectivity index (χ0n) is 10.4. The van der Waals surface area contributed by atoms with E-state index in [0.717, 1.165) is 0 Å². The van der Waals surface area contributed by atoms with Crippen LogP contribution in [-0.4, -0.2) is 31.4 Å². The van der Waals surface area contributed by atoms with E-state index in [1.807, 2.05) is 0 Å². The molecular weight excluding hydrogens is 284 g/mol. The van der Waals surface area contributed by atoms with Crippen LogP contribution in [0.1, 0.15) is 19.3 Å². The van der Waals surface area contributed by atoms with Gasteiger partial charge in [-0.1, -0.05) is 11.3 Å². The molecule has 1 saturated carbocycles. The first-order valence-corrected chi connectivity index (χ1v) is 7.03. The maximum absolute atomic E-state index is 11.2. The predicted octanol–water partition coefficient (Wildman–Crippen LogP) is 1.97. The third-order valence-corrected chi connectivity index (χ3v) is 4.29. The number of imidazole rings is 1. The van der Waals surface area contributed by atoms with Crippen molar-refractivity contribution in [2.24, 2.45) is 5.92 Å². The van der Waals surface area contributed by atoms with Crippen LogP contribution in [0.15, 0.2) is 11.6 Å². The third-order valence-electron chi connectivity index (χ3n) is 3.53. The third kappa shape index (κ3) is 2.09. The molecule has 1 aliphatic carbocycles. The molecule has 1 aliphatic rings. The zero-order chi connectivity index (χ0) is 14.3. The molecule has 2 heterocycles. The van der Waals surface area contributed by atoms with Crippen molar-refractivity contribution in [1.29, 1.82) is 0 Å². The normalized spacial score (nSPS) is 22.2. The number of carbonyl (C=O) groups is 1. The molecule has 0 saturated heterocycles. The van der Waals surface area contributed by atoms with Crippen LogP contribution in [0.4, 0.5) is 11.6 Å². The second-order valence-corrected chi connectivity index (χ2v) is 5.66. The van der Waals surface area contributed by atoms with Gasteiger partial charge in [0.15, 0.2) is 0 Å². The number of hydrogen-bond acceptors (Lipinski definition) is 6. The minimum Gasteiger partial charge on any atom is -0.481 e. The fraction of sp³-hybridized carbons (Fsp3) is 0.455. The van der Waals surface area contributed by atoms with Crippen molar-refractivity contribution in [3.05, 3.63) is 21.7 Å². The second-order valence-electron chi connectivity index (χ2n) is 4.79. The van der Waals surface area contributed by atoms with E-state index in [2.05, 4.69) is 10.3 Å². The number of aromatic nitrogens is 2. The molecule has 0 bridgehead atoms. The van der Waals surface area contributed by atoms with E-state index in [1.165, 1.54) is 15.7 Å². The number of fused-ring (bicyclic) bond motifs is 1. The molecule has 20 heavy (non-hydrogen) atoms. The van der Waals surface area contributed by atoms with E-state index in [9.17, 15) is 14.9 Å². The van der Waals surface area contributed by atoms with Crippen molar-refractivity contribution in [1.82, 2.24) is 9.38 Å². The highest BCUT2D eigenvalue weighted by Gasteiger charge is 2.32. The Morgan fingerprint density at radius 3 is 3.05 bits per heavy atom. The first-order chi connectivity index (χ1) is 9.56. The lowest BCUT2D eigenvalue weighted by Crippen LogP contribution is -2.18. The van der Waals surface area contributed by atoms with Gasteiger partial charge in [0.05, 0.1) is 5.92 Å². The highest BCUT2D eigenvalue weighted by molar-refractivity contribution is 7.15. The van der Waals surface area contributed by atoms with Gasteiger partial charge in [-0.05, 0) is 24.2 Å². The molecule has 106 valence electrons. The molecule has 9 heteroatoms. The largest absolute Gasteiger partial charge is 0.481 e. The SMILES string of the molecule is O=C(O)[C@@H]1CC[C@H](Nc2nc3sccn3c2[N+](=O)[O-])C1. The van der Waals surface area contributed by atoms with Gasteiger partial charge in [0.25, 0.3) is 4.96 Å². The summed E-state index contributed by atoms with van der Waals surface area (Å²) in [5.41, 5.74) is 0. The van der Waals surface area contributed by atoms with E-state index >= 15 is 0 Å². The van der Waals surface area contributed by atoms with Crippen LogP contribution < -0.4 is 5.32 Å². The minimum absolute atomic E-state index is 0.0839. The maximum Gasteiger partial charge on any atom is 0.372 e. The van der Waals surface area contributed by atoms with E-state index in [-0.39, 0.29) is 23.6 Å². The fourth-order valence-corrected chi connectivity index (χ4v) is 3.28. The Hall–Kier alpha value is -2.16. The van der Waals surface area contributed by atoms with Crippen molar-refractivity contribution >= 4 is 33.9 Å². The van der Waals surface area contributed by atoms with Crippen molar-refractivity contribution in [2.75, 3.05) is 5.32 Å². The minimum atomic E-state index is -0.811. The monoisotopic (exact) mass is 296 g/mol. The summed E-state index contributed by atoms with van der Waals surface area (Å²) < 4.78 is 1.43. The van der Waals surface area contributed by atoms with Crippen LogP contribution in [0.3, 0.4) is 0 Å². The van der Waals surface area contributed by atoms with Crippen LogP contribution in [0.5, 0.6) is 0 Å². The Morgan fingerprint density at radius 1 is 1.60 bits per heavy atom. The highest BCUT2D eigenvalue weighted by Crippen LogP contribution is 2.33. The van der Waals surface area contributed by atoms with Gasteiger partial charge < -0.3 is 20.5 Å². The molecule has 8 nitrogen and oxygen atoms in total. The van der Waals surface area contributed by atoms with Gasteiger partial charge in [-0.2, -0.15) is 9.38 Å². The van der Waals surface area contributed by atoms with E-state index in [4.69, 9.17) is 5.11 Å². The maximum atomic E-state index is 11.2. The van der Waals surface area contributed by atoms with Crippen LogP contribution in [0.2, 0.25) is 0 Å². The number of carboxylic acid groups (broad SMARTS) is 1. The molecule has 0 unspecified atom stereocenters. The molecule has 0 radical (unpaired) electrons. The number of nitro groups is 1. The van der Waals surface area contributed by atoms with Gasteiger partial charge in [0.1, 0.15) is 6.20 Å². The molecular formula is C11H12N4O4S. The Balaban J connectivity index is 1.84. The quantitative estimate of drug-likeness (QED) is 0.659. The van der Waals surface area contributed by atoms with Gasteiger partial charge in [-0.15, -0.1) is 0 Å². The van der Waals surface area contributed by atoms with Crippen LogP contribution in [-0.2, 0) is 4.79 Å². The summed E-state index contributed by atoms with van der Waals surface area (Å²) in [5, 5.41) is 24.9. The molecule has 1 fully saturated rings. The van der Waals surface area contributed by atoms with Gasteiger partial charge in [0.2, 0.25) is 5.82 Å². The second kappa shape index (κ2) is 4.75. The number of rotatable bonds is 4. The van der Waals surface area contributed by atoms with Crippen LogP contribution >= 0.6 is 11.3 Å². The van der Waals surface area contributed by atoms with Crippen molar-refractivity contribution < 1.29 is 14.8 Å². The first-order valence-electron chi connectivity index (χ1n) is 6.15. The molecule has 2 aromatic rings. The molecule has 2 N–H and O–H groups in total. The summed E-state index contributed by atoms with van der Waals surface area (Å²) in [4.78, 5) is 26.4. The first kappa shape index (κ1) is 12.9. The summed E-state index contributed by atoms with van der Waals surface area (Å²) in [6.45, 7) is 0. The zero-order valence-corrected chi connectivity index (χ0v) is 11.2. The molecule has 3 rings (SSSR count). The van der Waals surface area contributed by atoms with Crippen LogP contribution in [0.25, 0.3) is 4.96 Å². The van der Waals surface area contributed by atoms with Crippen molar-refractivity contribution in [3.8, 4) is 0 Å². The van der Waals surface area contributed by atoms with Crippen molar-refractivity contribution in [3.63, 3.8) is 0 Å². The topological polar surface area (TPSA) is 110 Å². The van der Waals surface area contributed by atoms with E-state index in [1.54, 1.807) is 11.6 Å². The summed E-state index contributed by atoms with van der Waals surface area (Å²) >= 11 is 1.32. The molecule has 0 aliphatic heterocycles. The highest BCUT2D eigenvalue weighted by atomic mass is 32.1. The molecule has 2 aromatic heterocycles. The number of thiazole rings is 1. The average Bonchev–Trinajstić information content (AvgIpc) is 3.02. The summed E-state index contributed by atoms with van der Waals surface area (Å²) in [7, 11) is 0. The fourth-order valence-electron chi connectivity index (χ4n) is 2.58. The Kier molecular flexibility index (Phi) is 3.05. The average molecular weight is 296 g/mol. The smallest absolute Gasteiger partial charge is 0.372 e. The summed E-state index contributed by atoms with van der Waals surface area (Å²) in [6, 6.07) is -0.0839. The van der Waals surface area contributed by atoms with Gasteiger partial charge in [0, 0.05) is 11.4 Å². The number of nitrogens with one attached hydrogen (secondary N) is 1. The van der Waals surface area contributed by atoms with E-state index in [0.29, 0.717) is 24.2 Å². The molecule has 0 amide bonds. The Bertz CT molecular complexity index is 679. The Labute approximate surface area is 117 Å². The van der Waals surface area contributed by atoms with Crippen LogP contribution in [0, 0.1) is 16.0 Å². The summed E-state index contributed by atoms with van der Waals surface area (Å²) in [6.07, 6.45) is 3.34. The van der Waals surface area contributed by atoms with Gasteiger partial charge in [-0.3, -0.25) is 4.79 Å². The summed E-state index contributed by atoms with van der Waals surface area (Å²) in [5.74, 6) is -1.07. The molecule has 0 aromatic carbocycles. The number of anilines is 1. The van der Waals surface area contributed by atoms with Gasteiger partial charge in [-0.25, -0.2) is 0 Å². The van der Waals surface area contributed by atoms with E-state index < -0.39 is 10.9 Å². The standard InChI is InChI=1S/C11H12N4O4S/c16-10(17)6-1-2-7(5-6)12-8-9(15(18)19)14-3-4-20-11(14)13-8/h3-4,6-7,12H,1-2,5H2,(H,16,17)/t6-,7+/m1/s1. The molecule has 0 spiro atoms. The number of nitrogens with zero attached hydrogens (tertiary/aromatic N) is 3. The lowest BCUT2D eigenvalue weighted by Gasteiger charge is -2.10. The lowest BCUT2D eigenvalue weighted by atomic mass is 10.1. The predicted molar refractivity (Wildman–Crippen MR) is 72.1 cm³/mol. The lowest BCUT2D eigenvalue weighted by molar-refractivity contribution is -0.389. The number of aliphatic carboxylic acids is 1.